The van der Waals surface area contributed by atoms with Crippen LogP contribution in [0.2, 0.25) is 0 Å². The van der Waals surface area contributed by atoms with E-state index < -0.39 is 6.10 Å². The number of rotatable bonds is 40. The zero-order valence-electron chi connectivity index (χ0n) is 36.8. The van der Waals surface area contributed by atoms with Crippen LogP contribution in [0.4, 0.5) is 0 Å². The molecule has 0 N–H and O–H groups in total. The highest BCUT2D eigenvalue weighted by molar-refractivity contribution is 5.71. The zero-order chi connectivity index (χ0) is 41.5. The molecule has 0 aromatic carbocycles. The molecular weight excluding hydrogens is 709 g/mol. The van der Waals surface area contributed by atoms with Crippen LogP contribution < -0.4 is 0 Å². The van der Waals surface area contributed by atoms with Crippen molar-refractivity contribution in [3.8, 4) is 0 Å². The second kappa shape index (κ2) is 45.3. The van der Waals surface area contributed by atoms with Crippen LogP contribution in [0, 0.1) is 0 Å². The topological polar surface area (TPSA) is 78.9 Å². The third-order valence-electron chi connectivity index (χ3n) is 9.45. The van der Waals surface area contributed by atoms with Crippen LogP contribution in [0.5, 0.6) is 0 Å². The molecule has 324 valence electrons. The van der Waals surface area contributed by atoms with Crippen molar-refractivity contribution in [3.05, 3.63) is 85.1 Å². The van der Waals surface area contributed by atoms with Crippen molar-refractivity contribution >= 4 is 17.9 Å². The number of allylic oxidation sites excluding steroid dienone is 14. The first-order valence-electron chi connectivity index (χ1n) is 23.2. The monoisotopic (exact) mass is 793 g/mol. The minimum Gasteiger partial charge on any atom is -0.462 e. The predicted octanol–water partition coefficient (Wildman–Crippen LogP) is 14.9. The van der Waals surface area contributed by atoms with Crippen molar-refractivity contribution in [2.75, 3.05) is 13.2 Å². The van der Waals surface area contributed by atoms with E-state index in [1.807, 2.05) is 36.5 Å². The van der Waals surface area contributed by atoms with E-state index in [2.05, 4.69) is 69.4 Å². The summed E-state index contributed by atoms with van der Waals surface area (Å²) in [6.45, 7) is 6.40. The summed E-state index contributed by atoms with van der Waals surface area (Å²) in [4.78, 5) is 37.7. The molecule has 0 aliphatic carbocycles. The summed E-state index contributed by atoms with van der Waals surface area (Å²) < 4.78 is 16.7. The van der Waals surface area contributed by atoms with Crippen molar-refractivity contribution in [1.82, 2.24) is 0 Å². The molecule has 0 saturated carbocycles. The third-order valence-corrected chi connectivity index (χ3v) is 9.45. The number of carbonyl (C=O) groups excluding carboxylic acids is 3. The quantitative estimate of drug-likeness (QED) is 0.0202. The van der Waals surface area contributed by atoms with E-state index in [9.17, 15) is 14.4 Å². The van der Waals surface area contributed by atoms with Crippen molar-refractivity contribution in [1.29, 1.82) is 0 Å². The maximum absolute atomic E-state index is 12.7. The molecule has 0 saturated heterocycles. The van der Waals surface area contributed by atoms with Gasteiger partial charge in [0.05, 0.1) is 0 Å². The van der Waals surface area contributed by atoms with E-state index in [1.54, 1.807) is 0 Å². The number of hydrogen-bond acceptors (Lipinski definition) is 6. The summed E-state index contributed by atoms with van der Waals surface area (Å²) in [5, 5.41) is 0. The minimum atomic E-state index is -0.794. The van der Waals surface area contributed by atoms with E-state index in [-0.39, 0.29) is 31.1 Å². The van der Waals surface area contributed by atoms with E-state index in [0.717, 1.165) is 116 Å². The van der Waals surface area contributed by atoms with Crippen molar-refractivity contribution < 1.29 is 28.6 Å². The van der Waals surface area contributed by atoms with E-state index >= 15 is 0 Å². The molecule has 57 heavy (non-hydrogen) atoms. The van der Waals surface area contributed by atoms with Gasteiger partial charge in [-0.25, -0.2) is 0 Å². The van der Waals surface area contributed by atoms with Gasteiger partial charge in [0, 0.05) is 19.3 Å². The normalized spacial score (nSPS) is 12.8. The lowest BCUT2D eigenvalue weighted by molar-refractivity contribution is -0.167. The Bertz CT molecular complexity index is 1140. The molecule has 6 nitrogen and oxygen atoms in total. The van der Waals surface area contributed by atoms with Gasteiger partial charge in [0.15, 0.2) is 6.10 Å². The molecule has 0 spiro atoms. The fourth-order valence-corrected chi connectivity index (χ4v) is 5.90. The second-order valence-corrected chi connectivity index (χ2v) is 15.1. The Morgan fingerprint density at radius 1 is 0.351 bits per heavy atom. The number of carbonyl (C=O) groups is 3. The van der Waals surface area contributed by atoms with Gasteiger partial charge in [-0.2, -0.15) is 0 Å². The summed E-state index contributed by atoms with van der Waals surface area (Å²) in [5.74, 6) is -0.952. The van der Waals surface area contributed by atoms with Gasteiger partial charge in [-0.05, 0) is 77.0 Å². The zero-order valence-corrected chi connectivity index (χ0v) is 36.8. The van der Waals surface area contributed by atoms with Crippen LogP contribution in [0.3, 0.4) is 0 Å². The van der Waals surface area contributed by atoms with Gasteiger partial charge in [-0.3, -0.25) is 14.4 Å². The lowest BCUT2D eigenvalue weighted by atomic mass is 10.1. The van der Waals surface area contributed by atoms with E-state index in [4.69, 9.17) is 14.2 Å². The van der Waals surface area contributed by atoms with E-state index in [0.29, 0.717) is 19.3 Å². The maximum Gasteiger partial charge on any atom is 0.306 e. The minimum absolute atomic E-state index is 0.0958. The first-order chi connectivity index (χ1) is 28.0. The van der Waals surface area contributed by atoms with Crippen LogP contribution in [0.1, 0.15) is 201 Å². The highest BCUT2D eigenvalue weighted by atomic mass is 16.6. The summed E-state index contributed by atoms with van der Waals surface area (Å²) >= 11 is 0. The number of hydrogen-bond donors (Lipinski definition) is 0. The molecule has 0 aromatic rings. The average molecular weight is 793 g/mol. The Balaban J connectivity index is 4.43. The van der Waals surface area contributed by atoms with Crippen molar-refractivity contribution in [2.24, 2.45) is 0 Å². The fourth-order valence-electron chi connectivity index (χ4n) is 5.90. The van der Waals surface area contributed by atoms with Crippen LogP contribution >= 0.6 is 0 Å². The molecule has 0 aliphatic heterocycles. The standard InChI is InChI=1S/C51H84O6/c1-4-7-10-13-16-19-22-23-24-25-26-27-28-30-32-35-38-41-44-50(53)56-47-48(46-55-49(52)43-40-37-34-31-21-18-15-12-9-6-3)57-51(54)45-42-39-36-33-29-20-17-14-11-8-5-2/h10,13-19,22-27,48H,4-9,11-12,20-21,28-47H2,1-3H3/b13-10-,17-14-,18-15-,19-16-,23-22-,25-24-,27-26-. The molecule has 1 unspecified atom stereocenters. The molecular formula is C51H84O6. The predicted molar refractivity (Wildman–Crippen MR) is 242 cm³/mol. The Morgan fingerprint density at radius 3 is 1.11 bits per heavy atom. The second-order valence-electron chi connectivity index (χ2n) is 15.1. The Labute approximate surface area is 350 Å². The number of unbranched alkanes of at least 4 members (excludes halogenated alkanes) is 19. The van der Waals surface area contributed by atoms with Crippen LogP contribution in [0.15, 0.2) is 85.1 Å². The van der Waals surface area contributed by atoms with Gasteiger partial charge in [0.1, 0.15) is 13.2 Å². The summed E-state index contributed by atoms with van der Waals surface area (Å²) in [6.07, 6.45) is 57.0. The molecule has 0 aliphatic rings. The van der Waals surface area contributed by atoms with Crippen LogP contribution in [-0.4, -0.2) is 37.2 Å². The lowest BCUT2D eigenvalue weighted by Gasteiger charge is -2.18. The first kappa shape index (κ1) is 53.6. The highest BCUT2D eigenvalue weighted by Crippen LogP contribution is 2.13. The van der Waals surface area contributed by atoms with Gasteiger partial charge in [-0.1, -0.05) is 189 Å². The Kier molecular flexibility index (Phi) is 42.6. The molecule has 0 radical (unpaired) electrons. The van der Waals surface area contributed by atoms with Crippen LogP contribution in [0.25, 0.3) is 0 Å². The molecule has 0 fully saturated rings. The summed E-state index contributed by atoms with van der Waals surface area (Å²) in [5.41, 5.74) is 0. The average Bonchev–Trinajstić information content (AvgIpc) is 3.21. The third kappa shape index (κ3) is 43.6. The fraction of sp³-hybridized carbons (Fsp3) is 0.667. The van der Waals surface area contributed by atoms with E-state index in [1.165, 1.54) is 44.9 Å². The smallest absolute Gasteiger partial charge is 0.306 e. The Morgan fingerprint density at radius 2 is 0.684 bits per heavy atom. The molecule has 0 heterocycles. The summed E-state index contributed by atoms with van der Waals surface area (Å²) in [7, 11) is 0. The molecule has 0 bridgehead atoms. The van der Waals surface area contributed by atoms with Gasteiger partial charge >= 0.3 is 17.9 Å². The number of esters is 3. The maximum atomic E-state index is 12.7. The molecule has 0 amide bonds. The lowest BCUT2D eigenvalue weighted by Crippen LogP contribution is -2.30. The molecule has 6 heteroatoms. The highest BCUT2D eigenvalue weighted by Gasteiger charge is 2.19. The first-order valence-corrected chi connectivity index (χ1v) is 23.2. The SMILES string of the molecule is CCC\C=C/C=C\C=C/C=C\C=C/CCCCCCCC(=O)OCC(COC(=O)CCCCCC/C=C\CCCC)OC(=O)CCCCCCC/C=C\CCCC. The number of ether oxygens (including phenoxy) is 3. The van der Waals surface area contributed by atoms with Gasteiger partial charge in [-0.15, -0.1) is 0 Å². The Hall–Kier alpha value is -3.41. The summed E-state index contributed by atoms with van der Waals surface area (Å²) in [6, 6.07) is 0. The molecule has 0 aromatic heterocycles. The van der Waals surface area contributed by atoms with Crippen molar-refractivity contribution in [2.45, 2.75) is 207 Å². The largest absolute Gasteiger partial charge is 0.462 e. The molecule has 1 atom stereocenters. The molecule has 0 rings (SSSR count). The van der Waals surface area contributed by atoms with Crippen LogP contribution in [-0.2, 0) is 28.6 Å². The van der Waals surface area contributed by atoms with Crippen molar-refractivity contribution in [3.63, 3.8) is 0 Å². The van der Waals surface area contributed by atoms with Gasteiger partial charge in [0.25, 0.3) is 0 Å². The van der Waals surface area contributed by atoms with Gasteiger partial charge < -0.3 is 14.2 Å². The van der Waals surface area contributed by atoms with Gasteiger partial charge in [0.2, 0.25) is 0 Å².